The predicted molar refractivity (Wildman–Crippen MR) is 74.2 cm³/mol. The lowest BCUT2D eigenvalue weighted by molar-refractivity contribution is -0.902. The van der Waals surface area contributed by atoms with Gasteiger partial charge < -0.3 is 36.9 Å². The maximum absolute atomic E-state index is 12.6. The van der Waals surface area contributed by atoms with Gasteiger partial charge >= 0.3 is 12.1 Å². The Morgan fingerprint density at radius 1 is 1.32 bits per heavy atom. The summed E-state index contributed by atoms with van der Waals surface area (Å²) in [5.41, 5.74) is -0.712. The van der Waals surface area contributed by atoms with E-state index in [4.69, 9.17) is 14.6 Å². The van der Waals surface area contributed by atoms with Gasteiger partial charge in [-0.25, -0.2) is 9.59 Å². The molecular weight excluding hydrogens is 363 g/mol. The van der Waals surface area contributed by atoms with Crippen molar-refractivity contribution in [1.29, 1.82) is 0 Å². The summed E-state index contributed by atoms with van der Waals surface area (Å²) in [5.74, 6) is -0.790. The lowest BCUT2D eigenvalue weighted by Crippen LogP contribution is -3.00. The molecule has 0 spiro atoms. The van der Waals surface area contributed by atoms with Crippen LogP contribution in [0.15, 0.2) is 0 Å². The van der Waals surface area contributed by atoms with Crippen molar-refractivity contribution in [2.45, 2.75) is 32.4 Å². The molecule has 132 valence electrons. The number of alkyl carbamates (subject to hydrolysis) is 1. The van der Waals surface area contributed by atoms with Gasteiger partial charge in [0.2, 0.25) is 6.80 Å². The number of carbonyl (C=O) groups excluding carboxylic acids is 2. The zero-order valence-corrected chi connectivity index (χ0v) is 15.3. The molecule has 2 N–H and O–H groups in total. The number of amides is 1. The molecule has 0 bridgehead atoms. The number of quaternary nitrogens is 1. The highest BCUT2D eigenvalue weighted by molar-refractivity contribution is 5.81. The summed E-state index contributed by atoms with van der Waals surface area (Å²) in [6.07, 6.45) is -0.821. The fraction of sp³-hybridized carbons (Fsp3) is 0.846. The number of nitrogens with one attached hydrogen (secondary N) is 1. The van der Waals surface area contributed by atoms with E-state index in [-0.39, 0.29) is 34.6 Å². The highest BCUT2D eigenvalue weighted by Gasteiger charge is 2.25. The molecule has 1 unspecified atom stereocenters. The normalized spacial score (nSPS) is 12.9. The van der Waals surface area contributed by atoms with Gasteiger partial charge in [0.15, 0.2) is 6.04 Å². The largest absolute Gasteiger partial charge is 1.00 e. The van der Waals surface area contributed by atoms with Gasteiger partial charge in [-0.2, -0.15) is 4.39 Å². The Kier molecular flexibility index (Phi) is 10.6. The zero-order chi connectivity index (χ0) is 16.7. The van der Waals surface area contributed by atoms with Crippen LogP contribution in [0.2, 0.25) is 0 Å². The number of likely N-dealkylation sites (N-methyl/N-ethyl adjacent to an activating group) is 1. The summed E-state index contributed by atoms with van der Waals surface area (Å²) < 4.78 is 22.5. The number of nitrogens with zero attached hydrogens (tertiary/aromatic N) is 1. The van der Waals surface area contributed by atoms with Crippen molar-refractivity contribution in [3.63, 3.8) is 0 Å². The Morgan fingerprint density at radius 3 is 2.27 bits per heavy atom. The van der Waals surface area contributed by atoms with Gasteiger partial charge in [-0.3, -0.25) is 4.48 Å². The number of aliphatic hydroxyl groups is 1. The fourth-order valence-electron chi connectivity index (χ4n) is 1.18. The number of esters is 1. The third-order valence-electron chi connectivity index (χ3n) is 2.42. The van der Waals surface area contributed by atoms with Crippen molar-refractivity contribution < 1.29 is 50.0 Å². The first-order chi connectivity index (χ1) is 9.50. The predicted octanol–water partition coefficient (Wildman–Crippen LogP) is -2.58. The Morgan fingerprint density at radius 2 is 1.86 bits per heavy atom. The minimum absolute atomic E-state index is 0. The smallest absolute Gasteiger partial charge is 0.408 e. The average molecular weight is 389 g/mol. The molecular formula is C13H26BrFN2O5. The van der Waals surface area contributed by atoms with Crippen molar-refractivity contribution in [1.82, 2.24) is 5.32 Å². The van der Waals surface area contributed by atoms with Crippen LogP contribution in [0.25, 0.3) is 0 Å². The molecule has 0 aromatic carbocycles. The van der Waals surface area contributed by atoms with Crippen LogP contribution in [-0.2, 0) is 14.3 Å². The minimum Gasteiger partial charge on any atom is -1.00 e. The number of halogens is 2. The van der Waals surface area contributed by atoms with Gasteiger partial charge in [0, 0.05) is 0 Å². The molecule has 0 aliphatic heterocycles. The highest BCUT2D eigenvalue weighted by atomic mass is 79.9. The number of hydrogen-bond donors (Lipinski definition) is 2. The summed E-state index contributed by atoms with van der Waals surface area (Å²) in [6.45, 7) is 4.10. The van der Waals surface area contributed by atoms with Crippen LogP contribution in [0.4, 0.5) is 9.18 Å². The highest BCUT2D eigenvalue weighted by Crippen LogP contribution is 2.07. The third kappa shape index (κ3) is 10.7. The molecule has 7 nitrogen and oxygen atoms in total. The van der Waals surface area contributed by atoms with E-state index < -0.39 is 37.1 Å². The average Bonchev–Trinajstić information content (AvgIpc) is 2.33. The van der Waals surface area contributed by atoms with E-state index in [9.17, 15) is 14.0 Å². The maximum Gasteiger partial charge on any atom is 0.408 e. The lowest BCUT2D eigenvalue weighted by Gasteiger charge is -2.26. The minimum atomic E-state index is -1.21. The number of alkyl halides is 1. The summed E-state index contributed by atoms with van der Waals surface area (Å²) >= 11 is 0. The van der Waals surface area contributed by atoms with Crippen LogP contribution in [0.1, 0.15) is 20.8 Å². The molecule has 0 saturated heterocycles. The Balaban J connectivity index is 0. The molecule has 0 aliphatic carbocycles. The van der Waals surface area contributed by atoms with Crippen molar-refractivity contribution in [3.8, 4) is 0 Å². The van der Waals surface area contributed by atoms with Gasteiger partial charge in [-0.1, -0.05) is 0 Å². The second-order valence-corrected chi connectivity index (χ2v) is 6.33. The number of rotatable bonds is 7. The first kappa shape index (κ1) is 23.3. The first-order valence-corrected chi connectivity index (χ1v) is 6.66. The quantitative estimate of drug-likeness (QED) is 0.284. The second kappa shape index (κ2) is 9.96. The third-order valence-corrected chi connectivity index (χ3v) is 2.42. The molecule has 0 fully saturated rings. The molecule has 0 aromatic rings. The van der Waals surface area contributed by atoms with E-state index in [1.165, 1.54) is 0 Å². The van der Waals surface area contributed by atoms with Gasteiger partial charge in [0.25, 0.3) is 0 Å². The van der Waals surface area contributed by atoms with E-state index >= 15 is 0 Å². The van der Waals surface area contributed by atoms with E-state index in [2.05, 4.69) is 5.32 Å². The topological polar surface area (TPSA) is 84.9 Å². The summed E-state index contributed by atoms with van der Waals surface area (Å²) in [7, 11) is 3.30. The van der Waals surface area contributed by atoms with Crippen LogP contribution >= 0.6 is 0 Å². The van der Waals surface area contributed by atoms with Gasteiger partial charge in [-0.05, 0) is 20.8 Å². The van der Waals surface area contributed by atoms with E-state index in [1.54, 1.807) is 34.9 Å². The molecule has 1 atom stereocenters. The SMILES string of the molecule is CC(C)(C)OC(=O)NC(CO)C(=O)OCC[N+](C)(C)CF.[Br-]. The fourth-order valence-corrected chi connectivity index (χ4v) is 1.18. The van der Waals surface area contributed by atoms with E-state index in [0.717, 1.165) is 0 Å². The van der Waals surface area contributed by atoms with E-state index in [1.807, 2.05) is 0 Å². The molecule has 0 aliphatic rings. The molecule has 0 radical (unpaired) electrons. The summed E-state index contributed by atoms with van der Waals surface area (Å²) in [6, 6.07) is -1.21. The second-order valence-electron chi connectivity index (χ2n) is 6.33. The van der Waals surface area contributed by atoms with Gasteiger partial charge in [-0.15, -0.1) is 0 Å². The summed E-state index contributed by atoms with van der Waals surface area (Å²) in [5, 5.41) is 11.3. The van der Waals surface area contributed by atoms with Crippen molar-refractivity contribution >= 4 is 12.1 Å². The Labute approximate surface area is 141 Å². The van der Waals surface area contributed by atoms with E-state index in [0.29, 0.717) is 0 Å². The van der Waals surface area contributed by atoms with Crippen LogP contribution in [0, 0.1) is 0 Å². The Bertz CT molecular complexity index is 361. The molecule has 9 heteroatoms. The summed E-state index contributed by atoms with van der Waals surface area (Å²) in [4.78, 5) is 23.2. The molecule has 0 rings (SSSR count). The molecule has 0 heterocycles. The maximum atomic E-state index is 12.6. The van der Waals surface area contributed by atoms with Crippen molar-refractivity contribution in [3.05, 3.63) is 0 Å². The first-order valence-electron chi connectivity index (χ1n) is 6.66. The molecule has 1 amide bonds. The lowest BCUT2D eigenvalue weighted by atomic mass is 10.2. The van der Waals surface area contributed by atoms with Crippen LogP contribution in [0.5, 0.6) is 0 Å². The van der Waals surface area contributed by atoms with Crippen molar-refractivity contribution in [2.24, 2.45) is 0 Å². The number of aliphatic hydroxyl groups excluding tert-OH is 1. The van der Waals surface area contributed by atoms with Crippen molar-refractivity contribution in [2.75, 3.05) is 40.7 Å². The molecule has 0 saturated carbocycles. The van der Waals surface area contributed by atoms with Crippen LogP contribution < -0.4 is 22.3 Å². The van der Waals surface area contributed by atoms with Crippen LogP contribution in [0.3, 0.4) is 0 Å². The molecule has 0 aromatic heterocycles. The Hall–Kier alpha value is -0.930. The standard InChI is InChI=1S/C13H25FN2O5.BrH/c1-13(2,3)21-12(19)15-10(8-17)11(18)20-7-6-16(4,5)9-14;/h10,17H,6-9H2,1-5H3;1H. The van der Waals surface area contributed by atoms with Crippen LogP contribution in [-0.4, -0.2) is 73.9 Å². The van der Waals surface area contributed by atoms with Gasteiger partial charge in [0.05, 0.1) is 20.7 Å². The van der Waals surface area contributed by atoms with Gasteiger partial charge in [0.1, 0.15) is 18.8 Å². The molecule has 22 heavy (non-hydrogen) atoms. The number of hydrogen-bond acceptors (Lipinski definition) is 5. The zero-order valence-electron chi connectivity index (χ0n) is 13.7. The number of carbonyl (C=O) groups is 2. The number of ether oxygens (including phenoxy) is 2. The monoisotopic (exact) mass is 388 g/mol.